The van der Waals surface area contributed by atoms with E-state index in [4.69, 9.17) is 0 Å². The Kier molecular flexibility index (Phi) is 3.91. The molecule has 0 spiro atoms. The van der Waals surface area contributed by atoms with E-state index in [0.29, 0.717) is 17.7 Å². The molecular weight excluding hydrogens is 332 g/mol. The molecule has 0 radical (unpaired) electrons. The molecule has 2 aromatic carbocycles. The Morgan fingerprint density at radius 1 is 1.31 bits per heavy atom. The lowest BCUT2D eigenvalue weighted by atomic mass is 10.1. The number of aryl methyl sites for hydroxylation is 1. The molecule has 0 bridgehead atoms. The van der Waals surface area contributed by atoms with Gasteiger partial charge in [-0.3, -0.25) is 14.9 Å². The molecule has 0 aliphatic carbocycles. The van der Waals surface area contributed by atoms with E-state index in [1.807, 2.05) is 24.3 Å². The van der Waals surface area contributed by atoms with Gasteiger partial charge in [-0.15, -0.1) is 0 Å². The Balaban J connectivity index is 1.64. The van der Waals surface area contributed by atoms with Gasteiger partial charge in [0, 0.05) is 23.7 Å². The minimum Gasteiger partial charge on any atom is -0.340 e. The second-order valence-electron chi connectivity index (χ2n) is 6.55. The number of H-pyrrole nitrogens is 1. The van der Waals surface area contributed by atoms with Crippen molar-refractivity contribution >= 4 is 22.6 Å². The Labute approximate surface area is 149 Å². The summed E-state index contributed by atoms with van der Waals surface area (Å²) < 4.78 is 0. The van der Waals surface area contributed by atoms with Gasteiger partial charge in [0.15, 0.2) is 0 Å². The molecule has 1 N–H and O–H groups in total. The first-order valence-corrected chi connectivity index (χ1v) is 8.55. The van der Waals surface area contributed by atoms with E-state index >= 15 is 0 Å². The van der Waals surface area contributed by atoms with Crippen molar-refractivity contribution in [3.05, 3.63) is 69.5 Å². The summed E-state index contributed by atoms with van der Waals surface area (Å²) in [4.78, 5) is 33.3. The molecule has 1 aliphatic heterocycles. The van der Waals surface area contributed by atoms with Gasteiger partial charge < -0.3 is 9.88 Å². The molecule has 1 atom stereocenters. The highest BCUT2D eigenvalue weighted by atomic mass is 16.6. The van der Waals surface area contributed by atoms with Gasteiger partial charge in [-0.05, 0) is 44.0 Å². The van der Waals surface area contributed by atoms with Crippen LogP contribution in [0.1, 0.15) is 40.6 Å². The average molecular weight is 350 g/mol. The van der Waals surface area contributed by atoms with Crippen molar-refractivity contribution in [2.75, 3.05) is 6.54 Å². The summed E-state index contributed by atoms with van der Waals surface area (Å²) in [5.41, 5.74) is 2.81. The number of nitro groups is 1. The monoisotopic (exact) mass is 350 g/mol. The van der Waals surface area contributed by atoms with Gasteiger partial charge in [0.25, 0.3) is 11.6 Å². The number of hydrogen-bond acceptors (Lipinski definition) is 4. The van der Waals surface area contributed by atoms with Crippen LogP contribution in [0.5, 0.6) is 0 Å². The van der Waals surface area contributed by atoms with Gasteiger partial charge in [0.05, 0.1) is 22.0 Å². The zero-order valence-electron chi connectivity index (χ0n) is 14.3. The Morgan fingerprint density at radius 3 is 2.85 bits per heavy atom. The second-order valence-corrected chi connectivity index (χ2v) is 6.55. The smallest absolute Gasteiger partial charge is 0.272 e. The number of imidazole rings is 1. The molecule has 7 nitrogen and oxygen atoms in total. The predicted octanol–water partition coefficient (Wildman–Crippen LogP) is 3.76. The van der Waals surface area contributed by atoms with Crippen LogP contribution >= 0.6 is 0 Å². The van der Waals surface area contributed by atoms with Crippen molar-refractivity contribution in [3.63, 3.8) is 0 Å². The first-order chi connectivity index (χ1) is 12.5. The lowest BCUT2D eigenvalue weighted by Crippen LogP contribution is -2.31. The van der Waals surface area contributed by atoms with E-state index in [-0.39, 0.29) is 17.6 Å². The number of fused-ring (bicyclic) bond motifs is 1. The van der Waals surface area contributed by atoms with Crippen LogP contribution < -0.4 is 0 Å². The lowest BCUT2D eigenvalue weighted by molar-refractivity contribution is -0.385. The summed E-state index contributed by atoms with van der Waals surface area (Å²) in [5.74, 6) is 0.668. The fourth-order valence-corrected chi connectivity index (χ4v) is 3.58. The molecule has 4 rings (SSSR count). The molecule has 1 saturated heterocycles. The maximum Gasteiger partial charge on any atom is 0.272 e. The van der Waals surface area contributed by atoms with Crippen LogP contribution in [0.4, 0.5) is 5.69 Å². The number of nitro benzene ring substituents is 1. The number of carbonyl (C=O) groups excluding carboxylic acids is 1. The molecule has 1 aromatic heterocycles. The van der Waals surface area contributed by atoms with E-state index < -0.39 is 4.92 Å². The van der Waals surface area contributed by atoms with Gasteiger partial charge in [-0.2, -0.15) is 0 Å². The molecule has 0 unspecified atom stereocenters. The average Bonchev–Trinajstić information content (AvgIpc) is 3.26. The maximum atomic E-state index is 13.0. The molecule has 0 saturated carbocycles. The maximum absolute atomic E-state index is 13.0. The number of aromatic amines is 1. The SMILES string of the molecule is Cc1cc(C(=O)N2CCC[C@H]2c2nc3ccccc3[nH]2)ccc1[N+](=O)[O-]. The zero-order valence-corrected chi connectivity index (χ0v) is 14.3. The Bertz CT molecular complexity index is 978. The quantitative estimate of drug-likeness (QED) is 0.575. The van der Waals surface area contributed by atoms with Crippen LogP contribution in [0.3, 0.4) is 0 Å². The minimum absolute atomic E-state index is 0.0248. The van der Waals surface area contributed by atoms with Crippen LogP contribution in [-0.4, -0.2) is 32.2 Å². The Morgan fingerprint density at radius 2 is 2.12 bits per heavy atom. The van der Waals surface area contributed by atoms with Crippen LogP contribution in [0.15, 0.2) is 42.5 Å². The van der Waals surface area contributed by atoms with Gasteiger partial charge >= 0.3 is 0 Å². The van der Waals surface area contributed by atoms with Crippen molar-refractivity contribution < 1.29 is 9.72 Å². The summed E-state index contributed by atoms with van der Waals surface area (Å²) in [5, 5.41) is 11.0. The summed E-state index contributed by atoms with van der Waals surface area (Å²) in [6, 6.07) is 12.2. The normalized spacial score (nSPS) is 17.0. The lowest BCUT2D eigenvalue weighted by Gasteiger charge is -2.23. The van der Waals surface area contributed by atoms with Crippen molar-refractivity contribution in [2.24, 2.45) is 0 Å². The Hall–Kier alpha value is -3.22. The number of nitrogens with one attached hydrogen (secondary N) is 1. The van der Waals surface area contributed by atoms with Crippen molar-refractivity contribution in [1.82, 2.24) is 14.9 Å². The first kappa shape index (κ1) is 16.3. The van der Waals surface area contributed by atoms with Gasteiger partial charge in [0.1, 0.15) is 5.82 Å². The van der Waals surface area contributed by atoms with Crippen molar-refractivity contribution in [3.8, 4) is 0 Å². The molecule has 1 fully saturated rings. The zero-order chi connectivity index (χ0) is 18.3. The van der Waals surface area contributed by atoms with Crippen LogP contribution in [0.25, 0.3) is 11.0 Å². The fourth-order valence-electron chi connectivity index (χ4n) is 3.58. The number of rotatable bonds is 3. The number of carbonyl (C=O) groups is 1. The molecule has 132 valence electrons. The molecule has 26 heavy (non-hydrogen) atoms. The molecule has 7 heteroatoms. The minimum atomic E-state index is -0.434. The highest BCUT2D eigenvalue weighted by molar-refractivity contribution is 5.95. The van der Waals surface area contributed by atoms with Crippen LogP contribution in [0.2, 0.25) is 0 Å². The standard InChI is InChI=1S/C19H18N4O3/c1-12-11-13(8-9-16(12)23(25)26)19(24)22-10-4-7-17(22)18-20-14-5-2-3-6-15(14)21-18/h2-3,5-6,8-9,11,17H,4,7,10H2,1H3,(H,20,21)/t17-/m0/s1. The molecule has 3 aromatic rings. The molecular formula is C19H18N4O3. The number of benzene rings is 2. The topological polar surface area (TPSA) is 92.1 Å². The highest BCUT2D eigenvalue weighted by Gasteiger charge is 2.33. The number of hydrogen-bond donors (Lipinski definition) is 1. The third kappa shape index (κ3) is 2.71. The van der Waals surface area contributed by atoms with Crippen molar-refractivity contribution in [2.45, 2.75) is 25.8 Å². The predicted molar refractivity (Wildman–Crippen MR) is 96.9 cm³/mol. The molecule has 1 aliphatic rings. The van der Waals surface area contributed by atoms with Gasteiger partial charge in [-0.1, -0.05) is 12.1 Å². The van der Waals surface area contributed by atoms with E-state index in [0.717, 1.165) is 29.7 Å². The molecule has 2 heterocycles. The molecule has 1 amide bonds. The first-order valence-electron chi connectivity index (χ1n) is 8.55. The number of aromatic nitrogens is 2. The van der Waals surface area contributed by atoms with E-state index in [1.54, 1.807) is 17.9 Å². The highest BCUT2D eigenvalue weighted by Crippen LogP contribution is 2.33. The summed E-state index contributed by atoms with van der Waals surface area (Å²) in [7, 11) is 0. The van der Waals surface area contributed by atoms with E-state index in [2.05, 4.69) is 9.97 Å². The van der Waals surface area contributed by atoms with Gasteiger partial charge in [0.2, 0.25) is 0 Å². The number of amides is 1. The number of likely N-dealkylation sites (tertiary alicyclic amines) is 1. The van der Waals surface area contributed by atoms with Crippen molar-refractivity contribution in [1.29, 1.82) is 0 Å². The summed E-state index contributed by atoms with van der Waals surface area (Å²) >= 11 is 0. The third-order valence-electron chi connectivity index (χ3n) is 4.88. The van der Waals surface area contributed by atoms with Crippen LogP contribution in [-0.2, 0) is 0 Å². The summed E-state index contributed by atoms with van der Waals surface area (Å²) in [6.07, 6.45) is 1.75. The fraction of sp³-hybridized carbons (Fsp3) is 0.263. The van der Waals surface area contributed by atoms with Crippen LogP contribution in [0, 0.1) is 17.0 Å². The van der Waals surface area contributed by atoms with Gasteiger partial charge in [-0.25, -0.2) is 4.98 Å². The third-order valence-corrected chi connectivity index (χ3v) is 4.88. The second kappa shape index (κ2) is 6.25. The largest absolute Gasteiger partial charge is 0.340 e. The number of para-hydroxylation sites is 2. The summed E-state index contributed by atoms with van der Waals surface area (Å²) in [6.45, 7) is 2.30. The van der Waals surface area contributed by atoms with E-state index in [9.17, 15) is 14.9 Å². The van der Waals surface area contributed by atoms with E-state index in [1.165, 1.54) is 12.1 Å². The number of nitrogens with zero attached hydrogens (tertiary/aromatic N) is 3.